The average molecular weight is 516 g/mol. The maximum atomic E-state index is 14.6. The molecular weight excluding hydrogens is 491 g/mol. The van der Waals surface area contributed by atoms with E-state index in [9.17, 15) is 18.3 Å². The number of fused-ring (bicyclic) bond motifs is 1. The molecule has 1 aromatic carbocycles. The first-order valence-electron chi connectivity index (χ1n) is 12.0. The van der Waals surface area contributed by atoms with Gasteiger partial charge < -0.3 is 10.0 Å². The Hall–Kier alpha value is -2.91. The average Bonchev–Trinajstić information content (AvgIpc) is 3.45. The molecule has 1 unspecified atom stereocenters. The fourth-order valence-electron chi connectivity index (χ4n) is 5.71. The van der Waals surface area contributed by atoms with Crippen molar-refractivity contribution in [3.05, 3.63) is 64.3 Å². The number of halogens is 4. The largest absolute Gasteiger partial charge is 0.390 e. The summed E-state index contributed by atoms with van der Waals surface area (Å²) in [7, 11) is 0. The summed E-state index contributed by atoms with van der Waals surface area (Å²) in [6.45, 7) is 2.43. The third-order valence-corrected chi connectivity index (χ3v) is 7.77. The van der Waals surface area contributed by atoms with Crippen LogP contribution in [0.25, 0.3) is 11.0 Å². The molecular formula is C26H25ClF3N5O. The van der Waals surface area contributed by atoms with Gasteiger partial charge in [-0.2, -0.15) is 5.10 Å². The van der Waals surface area contributed by atoms with Crippen molar-refractivity contribution < 1.29 is 18.3 Å². The molecule has 2 fully saturated rings. The molecule has 0 amide bonds. The zero-order chi connectivity index (χ0) is 25.2. The van der Waals surface area contributed by atoms with Crippen LogP contribution in [0.2, 0.25) is 5.02 Å². The van der Waals surface area contributed by atoms with Crippen LogP contribution in [0.5, 0.6) is 0 Å². The molecule has 1 saturated heterocycles. The Bertz CT molecular complexity index is 1360. The molecule has 6 rings (SSSR count). The van der Waals surface area contributed by atoms with Gasteiger partial charge in [0.25, 0.3) is 0 Å². The number of aliphatic hydroxyl groups is 1. The molecule has 4 heterocycles. The standard InChI is InChI=1S/C26H25ClF3N5O/c1-26(36)8-17(9-26)35-12-14(10-32-35)24-19(27)11-31-21-4-5-23(33-25(21)24)34-13-16(29)7-22(34)18-6-15(28)2-3-20(18)30/h2-6,10-11,14,16-17,22,36H,7-9,12-13H2,1H3/t14?,16-,17?,22+,26?/m0/s1. The fourth-order valence-corrected chi connectivity index (χ4v) is 5.98. The van der Waals surface area contributed by atoms with Gasteiger partial charge in [-0.25, -0.2) is 18.2 Å². The second-order valence-corrected chi connectivity index (χ2v) is 10.7. The van der Waals surface area contributed by atoms with Gasteiger partial charge in [-0.15, -0.1) is 0 Å². The lowest BCUT2D eigenvalue weighted by Gasteiger charge is -2.44. The molecule has 1 saturated carbocycles. The third-order valence-electron chi connectivity index (χ3n) is 7.47. The second-order valence-electron chi connectivity index (χ2n) is 10.3. The molecule has 3 aromatic rings. The van der Waals surface area contributed by atoms with E-state index in [1.807, 2.05) is 18.1 Å². The summed E-state index contributed by atoms with van der Waals surface area (Å²) in [5, 5.41) is 17.1. The molecule has 3 aliphatic rings. The summed E-state index contributed by atoms with van der Waals surface area (Å²) in [5.41, 5.74) is 1.42. The highest BCUT2D eigenvalue weighted by Crippen LogP contribution is 2.41. The van der Waals surface area contributed by atoms with Crippen LogP contribution in [0.3, 0.4) is 0 Å². The van der Waals surface area contributed by atoms with E-state index in [0.717, 1.165) is 23.8 Å². The molecule has 10 heteroatoms. The van der Waals surface area contributed by atoms with Crippen LogP contribution >= 0.6 is 11.6 Å². The van der Waals surface area contributed by atoms with Gasteiger partial charge in [0.2, 0.25) is 0 Å². The Morgan fingerprint density at radius 1 is 1.14 bits per heavy atom. The normalized spacial score (nSPS) is 29.8. The van der Waals surface area contributed by atoms with Crippen molar-refractivity contribution in [2.24, 2.45) is 5.10 Å². The zero-order valence-electron chi connectivity index (χ0n) is 19.6. The zero-order valence-corrected chi connectivity index (χ0v) is 20.3. The van der Waals surface area contributed by atoms with E-state index in [1.54, 1.807) is 23.2 Å². The third kappa shape index (κ3) is 4.08. The number of hydrogen-bond donors (Lipinski definition) is 1. The summed E-state index contributed by atoms with van der Waals surface area (Å²) >= 11 is 6.61. The van der Waals surface area contributed by atoms with Gasteiger partial charge in [-0.3, -0.25) is 9.99 Å². The Morgan fingerprint density at radius 3 is 2.72 bits per heavy atom. The summed E-state index contributed by atoms with van der Waals surface area (Å²) in [6.07, 6.45) is 3.56. The SMILES string of the molecule is CC1(O)CC(N2CC(c3c(Cl)cnc4ccc(N5C[C@@H](F)C[C@@H]5c5cc(F)ccc5F)nc34)C=N2)C1. The maximum absolute atomic E-state index is 14.6. The van der Waals surface area contributed by atoms with Crippen LogP contribution in [0.15, 0.2) is 41.6 Å². The first kappa shape index (κ1) is 23.5. The maximum Gasteiger partial charge on any atom is 0.130 e. The minimum atomic E-state index is -1.21. The predicted molar refractivity (Wildman–Crippen MR) is 132 cm³/mol. The van der Waals surface area contributed by atoms with Gasteiger partial charge in [0, 0.05) is 42.4 Å². The minimum Gasteiger partial charge on any atom is -0.390 e. The smallest absolute Gasteiger partial charge is 0.130 e. The van der Waals surface area contributed by atoms with Crippen LogP contribution in [0.4, 0.5) is 19.0 Å². The first-order valence-corrected chi connectivity index (χ1v) is 12.4. The molecule has 0 spiro atoms. The van der Waals surface area contributed by atoms with Gasteiger partial charge in [0.15, 0.2) is 0 Å². The Labute approximate surface area is 211 Å². The number of benzene rings is 1. The number of nitrogens with zero attached hydrogens (tertiary/aromatic N) is 5. The van der Waals surface area contributed by atoms with Crippen molar-refractivity contribution in [1.82, 2.24) is 15.0 Å². The van der Waals surface area contributed by atoms with Gasteiger partial charge >= 0.3 is 0 Å². The van der Waals surface area contributed by atoms with E-state index in [1.165, 1.54) is 0 Å². The van der Waals surface area contributed by atoms with Gasteiger partial charge in [-0.05, 0) is 50.1 Å². The van der Waals surface area contributed by atoms with Crippen LogP contribution < -0.4 is 4.90 Å². The van der Waals surface area contributed by atoms with Crippen molar-refractivity contribution in [1.29, 1.82) is 0 Å². The molecule has 3 atom stereocenters. The van der Waals surface area contributed by atoms with Crippen molar-refractivity contribution in [3.63, 3.8) is 0 Å². The fraction of sp³-hybridized carbons (Fsp3) is 0.423. The van der Waals surface area contributed by atoms with Crippen molar-refractivity contribution in [2.75, 3.05) is 18.0 Å². The summed E-state index contributed by atoms with van der Waals surface area (Å²) in [5.74, 6) is -0.843. The molecule has 1 aliphatic carbocycles. The monoisotopic (exact) mass is 515 g/mol. The van der Waals surface area contributed by atoms with Gasteiger partial charge in [-0.1, -0.05) is 11.6 Å². The Morgan fingerprint density at radius 2 is 1.94 bits per heavy atom. The molecule has 2 aliphatic heterocycles. The van der Waals surface area contributed by atoms with Crippen LogP contribution in [-0.2, 0) is 0 Å². The van der Waals surface area contributed by atoms with E-state index in [4.69, 9.17) is 16.6 Å². The number of hydrogen-bond acceptors (Lipinski definition) is 6. The predicted octanol–water partition coefficient (Wildman–Crippen LogP) is 5.15. The van der Waals surface area contributed by atoms with Crippen molar-refractivity contribution in [3.8, 4) is 0 Å². The molecule has 36 heavy (non-hydrogen) atoms. The molecule has 0 bridgehead atoms. The van der Waals surface area contributed by atoms with Crippen LogP contribution in [0, 0.1) is 11.6 Å². The van der Waals surface area contributed by atoms with E-state index in [-0.39, 0.29) is 30.5 Å². The highest BCUT2D eigenvalue weighted by atomic mass is 35.5. The molecule has 0 radical (unpaired) electrons. The first-order chi connectivity index (χ1) is 17.2. The highest BCUT2D eigenvalue weighted by molar-refractivity contribution is 6.32. The van der Waals surface area contributed by atoms with E-state index in [2.05, 4.69) is 10.1 Å². The Balaban J connectivity index is 1.35. The molecule has 1 N–H and O–H groups in total. The second kappa shape index (κ2) is 8.59. The van der Waals surface area contributed by atoms with Gasteiger partial charge in [0.05, 0.1) is 40.3 Å². The molecule has 6 nitrogen and oxygen atoms in total. The number of anilines is 1. The Kier molecular flexibility index (Phi) is 5.60. The van der Waals surface area contributed by atoms with Crippen molar-refractivity contribution in [2.45, 2.75) is 56.0 Å². The number of pyridine rings is 2. The highest BCUT2D eigenvalue weighted by Gasteiger charge is 2.43. The van der Waals surface area contributed by atoms with E-state index in [0.29, 0.717) is 41.3 Å². The number of rotatable bonds is 4. The minimum absolute atomic E-state index is 0.0166. The van der Waals surface area contributed by atoms with Crippen LogP contribution in [0.1, 0.15) is 49.3 Å². The number of alkyl halides is 1. The lowest BCUT2D eigenvalue weighted by atomic mass is 9.77. The molecule has 188 valence electrons. The number of aromatic nitrogens is 2. The van der Waals surface area contributed by atoms with Crippen LogP contribution in [-0.4, -0.2) is 57.2 Å². The van der Waals surface area contributed by atoms with Gasteiger partial charge in [0.1, 0.15) is 23.6 Å². The number of hydrazone groups is 1. The lowest BCUT2D eigenvalue weighted by Crippen LogP contribution is -2.51. The summed E-state index contributed by atoms with van der Waals surface area (Å²) in [6, 6.07) is 6.23. The quantitative estimate of drug-likeness (QED) is 0.520. The van der Waals surface area contributed by atoms with Crippen molar-refractivity contribution >= 4 is 34.7 Å². The topological polar surface area (TPSA) is 64.8 Å². The van der Waals surface area contributed by atoms with E-state index < -0.39 is 29.4 Å². The molecule has 2 aromatic heterocycles. The van der Waals surface area contributed by atoms with E-state index >= 15 is 0 Å². The summed E-state index contributed by atoms with van der Waals surface area (Å²) < 4.78 is 43.1. The summed E-state index contributed by atoms with van der Waals surface area (Å²) in [4.78, 5) is 10.9. The lowest BCUT2D eigenvalue weighted by molar-refractivity contribution is -0.0756.